The molecule has 0 aromatic carbocycles. The number of hydrogen-bond acceptors (Lipinski definition) is 3. The van der Waals surface area contributed by atoms with Crippen molar-refractivity contribution in [2.24, 2.45) is 5.92 Å². The second-order valence-electron chi connectivity index (χ2n) is 5.32. The van der Waals surface area contributed by atoms with Gasteiger partial charge in [0.05, 0.1) is 0 Å². The van der Waals surface area contributed by atoms with Crippen molar-refractivity contribution in [2.75, 3.05) is 46.3 Å². The molecular formula is C13H27N3. The maximum Gasteiger partial charge on any atom is 0.0110 e. The molecule has 0 aromatic rings. The molecule has 16 heavy (non-hydrogen) atoms. The molecule has 0 amide bonds. The average molecular weight is 225 g/mol. The largest absolute Gasteiger partial charge is 0.317 e. The van der Waals surface area contributed by atoms with E-state index in [0.29, 0.717) is 0 Å². The highest BCUT2D eigenvalue weighted by atomic mass is 15.3. The summed E-state index contributed by atoms with van der Waals surface area (Å²) in [5.41, 5.74) is 0. The summed E-state index contributed by atoms with van der Waals surface area (Å²) in [5, 5.41) is 3.49. The standard InChI is InChI=1S/C13H27N3/c1-3-15-7-9-16(10-8-15)11-12-5-4-6-13(12)14-2/h12-14H,3-11H2,1-2H3. The lowest BCUT2D eigenvalue weighted by Gasteiger charge is -2.36. The predicted molar refractivity (Wildman–Crippen MR) is 68.7 cm³/mol. The number of hydrogen-bond donors (Lipinski definition) is 1. The topological polar surface area (TPSA) is 18.5 Å². The van der Waals surface area contributed by atoms with Gasteiger partial charge >= 0.3 is 0 Å². The van der Waals surface area contributed by atoms with Crippen LogP contribution in [-0.4, -0.2) is 62.2 Å². The Morgan fingerprint density at radius 2 is 1.75 bits per heavy atom. The van der Waals surface area contributed by atoms with Crippen LogP contribution in [0.5, 0.6) is 0 Å². The molecule has 1 aliphatic carbocycles. The first-order chi connectivity index (χ1) is 7.83. The lowest BCUT2D eigenvalue weighted by atomic mass is 10.0. The Labute approximate surface area is 100 Å². The first kappa shape index (κ1) is 12.3. The SMILES string of the molecule is CCN1CCN(CC2CCCC2NC)CC1. The van der Waals surface area contributed by atoms with Gasteiger partial charge in [0.25, 0.3) is 0 Å². The lowest BCUT2D eigenvalue weighted by Crippen LogP contribution is -2.48. The first-order valence-electron chi connectivity index (χ1n) is 6.95. The zero-order valence-electron chi connectivity index (χ0n) is 10.9. The van der Waals surface area contributed by atoms with Crippen molar-refractivity contribution in [3.63, 3.8) is 0 Å². The summed E-state index contributed by atoms with van der Waals surface area (Å²) in [6, 6.07) is 0.782. The molecule has 1 heterocycles. The van der Waals surface area contributed by atoms with Gasteiger partial charge in [-0.2, -0.15) is 0 Å². The van der Waals surface area contributed by atoms with Crippen molar-refractivity contribution >= 4 is 0 Å². The Morgan fingerprint density at radius 3 is 2.38 bits per heavy atom. The average Bonchev–Trinajstić information content (AvgIpc) is 2.77. The zero-order chi connectivity index (χ0) is 11.4. The molecule has 2 unspecified atom stereocenters. The Balaban J connectivity index is 1.73. The molecule has 0 radical (unpaired) electrons. The van der Waals surface area contributed by atoms with E-state index < -0.39 is 0 Å². The van der Waals surface area contributed by atoms with Gasteiger partial charge in [-0.15, -0.1) is 0 Å². The van der Waals surface area contributed by atoms with Crippen molar-refractivity contribution in [1.82, 2.24) is 15.1 Å². The fourth-order valence-corrected chi connectivity index (χ4v) is 3.26. The Hall–Kier alpha value is -0.120. The van der Waals surface area contributed by atoms with Crippen LogP contribution in [0.4, 0.5) is 0 Å². The van der Waals surface area contributed by atoms with E-state index in [1.54, 1.807) is 0 Å². The van der Waals surface area contributed by atoms with Crippen LogP contribution >= 0.6 is 0 Å². The molecule has 0 aromatic heterocycles. The molecule has 2 aliphatic rings. The molecule has 2 rings (SSSR count). The van der Waals surface area contributed by atoms with Gasteiger partial charge in [-0.3, -0.25) is 0 Å². The third-order valence-electron chi connectivity index (χ3n) is 4.43. The molecule has 3 heteroatoms. The third-order valence-corrected chi connectivity index (χ3v) is 4.43. The zero-order valence-corrected chi connectivity index (χ0v) is 10.9. The van der Waals surface area contributed by atoms with Crippen LogP contribution < -0.4 is 5.32 Å². The normalized spacial score (nSPS) is 33.4. The number of nitrogens with one attached hydrogen (secondary N) is 1. The summed E-state index contributed by atoms with van der Waals surface area (Å²) in [4.78, 5) is 5.23. The summed E-state index contributed by atoms with van der Waals surface area (Å²) in [7, 11) is 2.12. The smallest absolute Gasteiger partial charge is 0.0110 e. The van der Waals surface area contributed by atoms with Crippen LogP contribution in [0, 0.1) is 5.92 Å². The predicted octanol–water partition coefficient (Wildman–Crippen LogP) is 1.01. The summed E-state index contributed by atoms with van der Waals surface area (Å²) < 4.78 is 0. The highest BCUT2D eigenvalue weighted by Crippen LogP contribution is 2.26. The van der Waals surface area contributed by atoms with E-state index in [-0.39, 0.29) is 0 Å². The van der Waals surface area contributed by atoms with Gasteiger partial charge in [-0.25, -0.2) is 0 Å². The van der Waals surface area contributed by atoms with Gasteiger partial charge in [-0.1, -0.05) is 13.3 Å². The number of likely N-dealkylation sites (N-methyl/N-ethyl adjacent to an activating group) is 1. The second kappa shape index (κ2) is 5.99. The van der Waals surface area contributed by atoms with Crippen LogP contribution in [0.3, 0.4) is 0 Å². The molecule has 1 N–H and O–H groups in total. The molecule has 2 atom stereocenters. The van der Waals surface area contributed by atoms with Gasteiger partial charge in [0, 0.05) is 38.8 Å². The molecule has 0 spiro atoms. The van der Waals surface area contributed by atoms with Crippen LogP contribution in [0.2, 0.25) is 0 Å². The third kappa shape index (κ3) is 2.96. The molecule has 94 valence electrons. The Morgan fingerprint density at radius 1 is 1.06 bits per heavy atom. The first-order valence-corrected chi connectivity index (χ1v) is 6.95. The van der Waals surface area contributed by atoms with E-state index >= 15 is 0 Å². The van der Waals surface area contributed by atoms with Crippen LogP contribution in [0.25, 0.3) is 0 Å². The minimum absolute atomic E-state index is 0.782. The summed E-state index contributed by atoms with van der Waals surface area (Å²) in [6.07, 6.45) is 4.24. The molecule has 1 saturated carbocycles. The fraction of sp³-hybridized carbons (Fsp3) is 1.00. The minimum Gasteiger partial charge on any atom is -0.317 e. The van der Waals surface area contributed by atoms with E-state index in [9.17, 15) is 0 Å². The van der Waals surface area contributed by atoms with E-state index in [1.807, 2.05) is 0 Å². The Bertz CT molecular complexity index is 199. The number of rotatable bonds is 4. The van der Waals surface area contributed by atoms with Gasteiger partial charge in [0.2, 0.25) is 0 Å². The molecule has 0 bridgehead atoms. The number of piperazine rings is 1. The van der Waals surface area contributed by atoms with Crippen molar-refractivity contribution in [3.8, 4) is 0 Å². The monoisotopic (exact) mass is 225 g/mol. The fourth-order valence-electron chi connectivity index (χ4n) is 3.26. The second-order valence-corrected chi connectivity index (χ2v) is 5.32. The molecule has 1 saturated heterocycles. The van der Waals surface area contributed by atoms with Crippen molar-refractivity contribution < 1.29 is 0 Å². The van der Waals surface area contributed by atoms with Gasteiger partial charge in [0.15, 0.2) is 0 Å². The van der Waals surface area contributed by atoms with Gasteiger partial charge < -0.3 is 15.1 Å². The maximum absolute atomic E-state index is 3.49. The van der Waals surface area contributed by atoms with Crippen LogP contribution in [-0.2, 0) is 0 Å². The summed E-state index contributed by atoms with van der Waals surface area (Å²) >= 11 is 0. The van der Waals surface area contributed by atoms with Crippen molar-refractivity contribution in [1.29, 1.82) is 0 Å². The van der Waals surface area contributed by atoms with Gasteiger partial charge in [-0.05, 0) is 32.4 Å². The molecule has 3 nitrogen and oxygen atoms in total. The Kier molecular flexibility index (Phi) is 4.62. The van der Waals surface area contributed by atoms with E-state index in [2.05, 4.69) is 29.1 Å². The van der Waals surface area contributed by atoms with Gasteiger partial charge in [0.1, 0.15) is 0 Å². The van der Waals surface area contributed by atoms with Crippen molar-refractivity contribution in [3.05, 3.63) is 0 Å². The van der Waals surface area contributed by atoms with Crippen LogP contribution in [0.15, 0.2) is 0 Å². The summed E-state index contributed by atoms with van der Waals surface area (Å²) in [6.45, 7) is 9.91. The summed E-state index contributed by atoms with van der Waals surface area (Å²) in [5.74, 6) is 0.901. The quantitative estimate of drug-likeness (QED) is 0.770. The minimum atomic E-state index is 0.782. The lowest BCUT2D eigenvalue weighted by molar-refractivity contribution is 0.118. The molecule has 1 aliphatic heterocycles. The van der Waals surface area contributed by atoms with Crippen LogP contribution in [0.1, 0.15) is 26.2 Å². The highest BCUT2D eigenvalue weighted by molar-refractivity contribution is 4.85. The number of nitrogens with zero attached hydrogens (tertiary/aromatic N) is 2. The van der Waals surface area contributed by atoms with E-state index in [1.165, 1.54) is 58.5 Å². The highest BCUT2D eigenvalue weighted by Gasteiger charge is 2.28. The van der Waals surface area contributed by atoms with Crippen molar-refractivity contribution in [2.45, 2.75) is 32.2 Å². The van der Waals surface area contributed by atoms with E-state index in [4.69, 9.17) is 0 Å². The molecule has 2 fully saturated rings. The maximum atomic E-state index is 3.49. The molecular weight excluding hydrogens is 198 g/mol. The van der Waals surface area contributed by atoms with E-state index in [0.717, 1.165) is 12.0 Å².